The van der Waals surface area contributed by atoms with Gasteiger partial charge in [0.2, 0.25) is 0 Å². The highest BCUT2D eigenvalue weighted by Crippen LogP contribution is 2.29. The summed E-state index contributed by atoms with van der Waals surface area (Å²) in [6, 6.07) is 20.7. The molecule has 0 spiro atoms. The molecule has 18 heavy (non-hydrogen) atoms. The number of aliphatic hydroxyl groups is 1. The molecule has 0 saturated heterocycles. The number of aliphatic hydroxyl groups excluding tert-OH is 1. The molecule has 0 saturated carbocycles. The van der Waals surface area contributed by atoms with Gasteiger partial charge in [0.1, 0.15) is 0 Å². The lowest BCUT2D eigenvalue weighted by atomic mass is 9.87. The molecule has 2 rings (SSSR count). The summed E-state index contributed by atoms with van der Waals surface area (Å²) in [4.78, 5) is 0. The Bertz CT molecular complexity index is 416. The highest BCUT2D eigenvalue weighted by Gasteiger charge is 2.17. The minimum Gasteiger partial charge on any atom is -0.392 e. The first-order chi connectivity index (χ1) is 8.81. The Kier molecular flexibility index (Phi) is 4.97. The minimum atomic E-state index is -0.324. The smallest absolute Gasteiger partial charge is 0.0646 e. The molecule has 2 aromatic carbocycles. The summed E-state index contributed by atoms with van der Waals surface area (Å²) >= 11 is 3.34. The molecule has 2 heteroatoms. The van der Waals surface area contributed by atoms with Gasteiger partial charge in [0, 0.05) is 11.2 Å². The molecule has 1 atom stereocenters. The van der Waals surface area contributed by atoms with Crippen LogP contribution in [-0.4, -0.2) is 16.5 Å². The van der Waals surface area contributed by atoms with Gasteiger partial charge >= 0.3 is 0 Å². The average molecular weight is 305 g/mol. The van der Waals surface area contributed by atoms with Crippen LogP contribution in [0.25, 0.3) is 0 Å². The molecule has 0 fully saturated rings. The first-order valence-electron chi connectivity index (χ1n) is 6.15. The molecule has 0 radical (unpaired) electrons. The molecular formula is C16H17BrO. The van der Waals surface area contributed by atoms with Gasteiger partial charge < -0.3 is 5.11 Å². The standard InChI is InChI=1S/C16H17BrO/c17-12-15(18)11-16(13-7-3-1-4-8-13)14-9-5-2-6-10-14/h1-10,15-16,18H,11-12H2. The van der Waals surface area contributed by atoms with Gasteiger partial charge in [0.25, 0.3) is 0 Å². The van der Waals surface area contributed by atoms with Gasteiger partial charge in [-0.25, -0.2) is 0 Å². The van der Waals surface area contributed by atoms with Gasteiger partial charge in [-0.15, -0.1) is 0 Å². The Morgan fingerprint density at radius 3 is 1.67 bits per heavy atom. The lowest BCUT2D eigenvalue weighted by molar-refractivity contribution is 0.185. The van der Waals surface area contributed by atoms with E-state index in [2.05, 4.69) is 40.2 Å². The van der Waals surface area contributed by atoms with Crippen molar-refractivity contribution in [3.8, 4) is 0 Å². The summed E-state index contributed by atoms with van der Waals surface area (Å²) in [5, 5.41) is 10.5. The van der Waals surface area contributed by atoms with Crippen LogP contribution in [0.4, 0.5) is 0 Å². The van der Waals surface area contributed by atoms with Crippen molar-refractivity contribution < 1.29 is 5.11 Å². The van der Waals surface area contributed by atoms with E-state index in [-0.39, 0.29) is 12.0 Å². The van der Waals surface area contributed by atoms with Crippen molar-refractivity contribution in [2.75, 3.05) is 5.33 Å². The molecule has 0 bridgehead atoms. The third kappa shape index (κ3) is 3.44. The first-order valence-corrected chi connectivity index (χ1v) is 7.27. The lowest BCUT2D eigenvalue weighted by Crippen LogP contribution is -2.14. The largest absolute Gasteiger partial charge is 0.392 e. The summed E-state index contributed by atoms with van der Waals surface area (Å²) in [7, 11) is 0. The van der Waals surface area contributed by atoms with Gasteiger partial charge in [-0.1, -0.05) is 76.6 Å². The molecular weight excluding hydrogens is 288 g/mol. The van der Waals surface area contributed by atoms with E-state index < -0.39 is 0 Å². The van der Waals surface area contributed by atoms with Crippen LogP contribution < -0.4 is 0 Å². The zero-order valence-corrected chi connectivity index (χ0v) is 11.8. The Labute approximate surface area is 117 Å². The van der Waals surface area contributed by atoms with Crippen molar-refractivity contribution in [1.29, 1.82) is 0 Å². The van der Waals surface area contributed by atoms with E-state index >= 15 is 0 Å². The Morgan fingerprint density at radius 1 is 0.833 bits per heavy atom. The molecule has 0 aliphatic heterocycles. The van der Waals surface area contributed by atoms with Crippen molar-refractivity contribution in [2.45, 2.75) is 18.4 Å². The Balaban J connectivity index is 2.29. The van der Waals surface area contributed by atoms with E-state index in [0.29, 0.717) is 5.33 Å². The summed E-state index contributed by atoms with van der Waals surface area (Å²) in [5.41, 5.74) is 2.51. The summed E-state index contributed by atoms with van der Waals surface area (Å²) in [6.45, 7) is 0. The average Bonchev–Trinajstić information content (AvgIpc) is 2.46. The molecule has 0 aromatic heterocycles. The van der Waals surface area contributed by atoms with E-state index in [1.807, 2.05) is 36.4 Å². The fraction of sp³-hybridized carbons (Fsp3) is 0.250. The summed E-state index contributed by atoms with van der Waals surface area (Å²) in [5.74, 6) is 0.250. The van der Waals surface area contributed by atoms with Crippen LogP contribution in [-0.2, 0) is 0 Å². The second-order valence-electron chi connectivity index (χ2n) is 4.42. The monoisotopic (exact) mass is 304 g/mol. The number of alkyl halides is 1. The highest BCUT2D eigenvalue weighted by atomic mass is 79.9. The first kappa shape index (κ1) is 13.3. The van der Waals surface area contributed by atoms with Gasteiger partial charge in [0.05, 0.1) is 6.10 Å². The second-order valence-corrected chi connectivity index (χ2v) is 5.07. The minimum absolute atomic E-state index is 0.250. The topological polar surface area (TPSA) is 20.2 Å². The van der Waals surface area contributed by atoms with Gasteiger partial charge in [-0.3, -0.25) is 0 Å². The van der Waals surface area contributed by atoms with Crippen molar-refractivity contribution >= 4 is 15.9 Å². The van der Waals surface area contributed by atoms with Crippen LogP contribution in [0.5, 0.6) is 0 Å². The number of hydrogen-bond acceptors (Lipinski definition) is 1. The fourth-order valence-corrected chi connectivity index (χ4v) is 2.43. The predicted octanol–water partition coefficient (Wildman–Crippen LogP) is 3.96. The molecule has 0 aliphatic carbocycles. The molecule has 1 nitrogen and oxygen atoms in total. The number of halogens is 1. The third-order valence-corrected chi connectivity index (χ3v) is 3.84. The van der Waals surface area contributed by atoms with E-state index in [9.17, 15) is 5.11 Å². The molecule has 0 aliphatic rings. The highest BCUT2D eigenvalue weighted by molar-refractivity contribution is 9.09. The van der Waals surface area contributed by atoms with E-state index in [1.165, 1.54) is 11.1 Å². The SMILES string of the molecule is OC(CBr)CC(c1ccccc1)c1ccccc1. The predicted molar refractivity (Wildman–Crippen MR) is 79.1 cm³/mol. The van der Waals surface area contributed by atoms with Crippen LogP contribution in [0.1, 0.15) is 23.5 Å². The second kappa shape index (κ2) is 6.72. The Morgan fingerprint density at radius 2 is 1.28 bits per heavy atom. The van der Waals surface area contributed by atoms with Crippen molar-refractivity contribution in [3.63, 3.8) is 0 Å². The van der Waals surface area contributed by atoms with Crippen molar-refractivity contribution in [2.24, 2.45) is 0 Å². The van der Waals surface area contributed by atoms with Crippen LogP contribution >= 0.6 is 15.9 Å². The zero-order valence-electron chi connectivity index (χ0n) is 10.2. The maximum Gasteiger partial charge on any atom is 0.0646 e. The molecule has 2 aromatic rings. The van der Waals surface area contributed by atoms with Crippen molar-refractivity contribution in [1.82, 2.24) is 0 Å². The van der Waals surface area contributed by atoms with Gasteiger partial charge in [0.15, 0.2) is 0 Å². The number of hydrogen-bond donors (Lipinski definition) is 1. The molecule has 1 unspecified atom stereocenters. The van der Waals surface area contributed by atoms with Crippen LogP contribution in [0.2, 0.25) is 0 Å². The summed E-state index contributed by atoms with van der Waals surface area (Å²) in [6.07, 6.45) is 0.412. The van der Waals surface area contributed by atoms with Crippen LogP contribution in [0.15, 0.2) is 60.7 Å². The van der Waals surface area contributed by atoms with Gasteiger partial charge in [-0.05, 0) is 17.5 Å². The van der Waals surface area contributed by atoms with Gasteiger partial charge in [-0.2, -0.15) is 0 Å². The quantitative estimate of drug-likeness (QED) is 0.829. The maximum atomic E-state index is 9.90. The molecule has 0 amide bonds. The number of rotatable bonds is 5. The third-order valence-electron chi connectivity index (χ3n) is 3.09. The molecule has 1 N–H and O–H groups in total. The van der Waals surface area contributed by atoms with E-state index in [1.54, 1.807) is 0 Å². The fourth-order valence-electron chi connectivity index (χ4n) is 2.17. The maximum absolute atomic E-state index is 9.90. The van der Waals surface area contributed by atoms with Crippen LogP contribution in [0.3, 0.4) is 0 Å². The normalized spacial score (nSPS) is 12.6. The van der Waals surface area contributed by atoms with Crippen molar-refractivity contribution in [3.05, 3.63) is 71.8 Å². The molecule has 0 heterocycles. The van der Waals surface area contributed by atoms with E-state index in [0.717, 1.165) is 6.42 Å². The van der Waals surface area contributed by atoms with Crippen LogP contribution in [0, 0.1) is 0 Å². The summed E-state index contributed by atoms with van der Waals surface area (Å²) < 4.78 is 0. The molecule has 94 valence electrons. The number of benzene rings is 2. The van der Waals surface area contributed by atoms with E-state index in [4.69, 9.17) is 0 Å². The lowest BCUT2D eigenvalue weighted by Gasteiger charge is -2.20. The zero-order chi connectivity index (χ0) is 12.8. The Hall–Kier alpha value is -1.12.